The molecule has 2 amide bonds. The monoisotopic (exact) mass is 494 g/mol. The second-order valence-corrected chi connectivity index (χ2v) is 8.53. The fourth-order valence-corrected chi connectivity index (χ4v) is 4.65. The molecule has 0 aromatic heterocycles. The summed E-state index contributed by atoms with van der Waals surface area (Å²) in [4.78, 5) is 36.9. The summed E-state index contributed by atoms with van der Waals surface area (Å²) >= 11 is 0. The van der Waals surface area contributed by atoms with Gasteiger partial charge in [0.1, 0.15) is 18.7 Å². The SMILES string of the molecule is O=C(NC(CC(F)F)C(=O)N1CC(F)(F)C[C@@H]1C(=O)O)OCC1c2ccccc2-c2ccccc21. The number of amides is 2. The van der Waals surface area contributed by atoms with Crippen molar-refractivity contribution >= 4 is 18.0 Å². The van der Waals surface area contributed by atoms with E-state index >= 15 is 0 Å². The molecular formula is C24H22F4N2O5. The summed E-state index contributed by atoms with van der Waals surface area (Å²) in [5, 5.41) is 11.2. The van der Waals surface area contributed by atoms with Crippen LogP contribution in [0.15, 0.2) is 48.5 Å². The summed E-state index contributed by atoms with van der Waals surface area (Å²) in [6, 6.07) is 11.2. The van der Waals surface area contributed by atoms with E-state index in [2.05, 4.69) is 0 Å². The number of halogens is 4. The first-order valence-electron chi connectivity index (χ1n) is 10.9. The van der Waals surface area contributed by atoms with Crippen LogP contribution in [-0.4, -0.2) is 65.6 Å². The van der Waals surface area contributed by atoms with E-state index in [1.165, 1.54) is 0 Å². The molecule has 0 saturated carbocycles. The highest BCUT2D eigenvalue weighted by atomic mass is 19.3. The van der Waals surface area contributed by atoms with Gasteiger partial charge >= 0.3 is 12.1 Å². The van der Waals surface area contributed by atoms with E-state index in [1.807, 2.05) is 53.8 Å². The van der Waals surface area contributed by atoms with Crippen molar-refractivity contribution in [3.05, 3.63) is 59.7 Å². The lowest BCUT2D eigenvalue weighted by Crippen LogP contribution is -2.52. The number of benzene rings is 2. The van der Waals surface area contributed by atoms with Crippen molar-refractivity contribution < 1.29 is 41.8 Å². The molecule has 1 unspecified atom stereocenters. The first-order chi connectivity index (χ1) is 16.6. The first kappa shape index (κ1) is 24.5. The number of carbonyl (C=O) groups is 3. The van der Waals surface area contributed by atoms with Crippen molar-refractivity contribution in [3.8, 4) is 11.1 Å². The number of hydrogen-bond acceptors (Lipinski definition) is 4. The van der Waals surface area contributed by atoms with Crippen LogP contribution in [0.2, 0.25) is 0 Å². The van der Waals surface area contributed by atoms with Crippen LogP contribution in [-0.2, 0) is 14.3 Å². The minimum Gasteiger partial charge on any atom is -0.480 e. The zero-order valence-electron chi connectivity index (χ0n) is 18.3. The molecule has 1 heterocycles. The number of alkyl halides is 4. The number of aliphatic carboxylic acids is 1. The molecule has 2 atom stereocenters. The Morgan fingerprint density at radius 1 is 1.06 bits per heavy atom. The van der Waals surface area contributed by atoms with E-state index in [0.29, 0.717) is 4.90 Å². The van der Waals surface area contributed by atoms with Crippen LogP contribution in [0.1, 0.15) is 29.9 Å². The number of fused-ring (bicyclic) bond motifs is 3. The highest BCUT2D eigenvalue weighted by molar-refractivity contribution is 5.90. The maximum atomic E-state index is 13.8. The molecule has 2 aromatic carbocycles. The Morgan fingerprint density at radius 3 is 2.17 bits per heavy atom. The normalized spacial score (nSPS) is 19.2. The molecular weight excluding hydrogens is 472 g/mol. The zero-order chi connectivity index (χ0) is 25.3. The third-order valence-corrected chi connectivity index (χ3v) is 6.19. The lowest BCUT2D eigenvalue weighted by Gasteiger charge is -2.26. The number of carbonyl (C=O) groups excluding carboxylic acids is 2. The predicted octanol–water partition coefficient (Wildman–Crippen LogP) is 3.87. The van der Waals surface area contributed by atoms with Crippen LogP contribution in [0, 0.1) is 0 Å². The summed E-state index contributed by atoms with van der Waals surface area (Å²) in [7, 11) is 0. The van der Waals surface area contributed by atoms with Crippen molar-refractivity contribution in [2.24, 2.45) is 0 Å². The van der Waals surface area contributed by atoms with Crippen molar-refractivity contribution in [1.29, 1.82) is 0 Å². The molecule has 2 aliphatic rings. The van der Waals surface area contributed by atoms with Gasteiger partial charge in [-0.3, -0.25) is 4.79 Å². The van der Waals surface area contributed by atoms with Gasteiger partial charge in [-0.25, -0.2) is 27.2 Å². The predicted molar refractivity (Wildman–Crippen MR) is 115 cm³/mol. The number of nitrogens with zero attached hydrogens (tertiary/aromatic N) is 1. The Morgan fingerprint density at radius 2 is 1.63 bits per heavy atom. The molecule has 0 bridgehead atoms. The van der Waals surface area contributed by atoms with Gasteiger partial charge in [0.25, 0.3) is 5.92 Å². The van der Waals surface area contributed by atoms with Crippen molar-refractivity contribution in [1.82, 2.24) is 10.2 Å². The molecule has 0 radical (unpaired) electrons. The molecule has 1 aliphatic heterocycles. The van der Waals surface area contributed by atoms with Crippen LogP contribution in [0.4, 0.5) is 22.4 Å². The number of rotatable bonds is 7. The molecule has 7 nitrogen and oxygen atoms in total. The zero-order valence-corrected chi connectivity index (χ0v) is 18.3. The fourth-order valence-electron chi connectivity index (χ4n) is 4.65. The molecule has 2 aromatic rings. The minimum absolute atomic E-state index is 0.158. The topological polar surface area (TPSA) is 95.9 Å². The van der Waals surface area contributed by atoms with Crippen LogP contribution in [0.25, 0.3) is 11.1 Å². The molecule has 1 saturated heterocycles. The first-order valence-corrected chi connectivity index (χ1v) is 10.9. The smallest absolute Gasteiger partial charge is 0.407 e. The molecule has 1 fully saturated rings. The maximum absolute atomic E-state index is 13.8. The molecule has 2 N–H and O–H groups in total. The summed E-state index contributed by atoms with van der Waals surface area (Å²) in [5.41, 5.74) is 3.76. The van der Waals surface area contributed by atoms with Gasteiger partial charge in [-0.05, 0) is 22.3 Å². The van der Waals surface area contributed by atoms with Gasteiger partial charge in [-0.1, -0.05) is 48.5 Å². The highest BCUT2D eigenvalue weighted by Crippen LogP contribution is 2.44. The molecule has 0 spiro atoms. The number of alkyl carbamates (subject to hydrolysis) is 1. The van der Waals surface area contributed by atoms with Gasteiger partial charge in [0, 0.05) is 18.8 Å². The number of carboxylic acids is 1. The number of likely N-dealkylation sites (tertiary alicyclic amines) is 1. The van der Waals surface area contributed by atoms with Gasteiger partial charge in [-0.15, -0.1) is 0 Å². The van der Waals surface area contributed by atoms with Crippen molar-refractivity contribution in [2.75, 3.05) is 13.2 Å². The Kier molecular flexibility index (Phi) is 6.68. The third-order valence-electron chi connectivity index (χ3n) is 6.19. The average molecular weight is 494 g/mol. The van der Waals surface area contributed by atoms with Crippen molar-refractivity contribution in [3.63, 3.8) is 0 Å². The van der Waals surface area contributed by atoms with Gasteiger partial charge in [0.05, 0.1) is 6.54 Å². The van der Waals surface area contributed by atoms with E-state index < -0.39 is 61.8 Å². The standard InChI is InChI=1S/C24H22F4N2O5/c25-20(26)9-18(21(31)30-12-24(27,28)10-19(30)22(32)33)29-23(34)35-11-17-15-7-3-1-5-13(15)14-6-2-4-8-16(14)17/h1-8,17-20H,9-12H2,(H,29,34)(H,32,33)/t18?,19-/m1/s1. The summed E-state index contributed by atoms with van der Waals surface area (Å²) in [6.07, 6.45) is -6.58. The Hall–Kier alpha value is -3.63. The number of hydrogen-bond donors (Lipinski definition) is 2. The quantitative estimate of drug-likeness (QED) is 0.570. The molecule has 35 heavy (non-hydrogen) atoms. The molecule has 4 rings (SSSR count). The van der Waals surface area contributed by atoms with Crippen molar-refractivity contribution in [2.45, 2.75) is 43.2 Å². The summed E-state index contributed by atoms with van der Waals surface area (Å²) in [6.45, 7) is -1.40. The number of ether oxygens (including phenoxy) is 1. The van der Waals surface area contributed by atoms with Gasteiger partial charge in [-0.2, -0.15) is 0 Å². The average Bonchev–Trinajstić information content (AvgIpc) is 3.31. The second kappa shape index (κ2) is 9.55. The largest absolute Gasteiger partial charge is 0.480 e. The molecule has 11 heteroatoms. The minimum atomic E-state index is -3.49. The Balaban J connectivity index is 1.46. The lowest BCUT2D eigenvalue weighted by atomic mass is 9.98. The van der Waals surface area contributed by atoms with E-state index in [1.54, 1.807) is 0 Å². The van der Waals surface area contributed by atoms with Crippen LogP contribution in [0.3, 0.4) is 0 Å². The summed E-state index contributed by atoms with van der Waals surface area (Å²) in [5.74, 6) is -6.83. The van der Waals surface area contributed by atoms with E-state index in [4.69, 9.17) is 4.74 Å². The molecule has 186 valence electrons. The van der Waals surface area contributed by atoms with Crippen LogP contribution >= 0.6 is 0 Å². The second-order valence-electron chi connectivity index (χ2n) is 8.53. The number of carboxylic acid groups (broad SMARTS) is 1. The van der Waals surface area contributed by atoms with E-state index in [-0.39, 0.29) is 12.5 Å². The van der Waals surface area contributed by atoms with E-state index in [9.17, 15) is 37.1 Å². The highest BCUT2D eigenvalue weighted by Gasteiger charge is 2.51. The van der Waals surface area contributed by atoms with Gasteiger partial charge in [0.2, 0.25) is 12.3 Å². The lowest BCUT2D eigenvalue weighted by molar-refractivity contribution is -0.149. The maximum Gasteiger partial charge on any atom is 0.407 e. The Labute approximate surface area is 197 Å². The summed E-state index contributed by atoms with van der Waals surface area (Å²) < 4.78 is 59.0. The van der Waals surface area contributed by atoms with Crippen LogP contribution < -0.4 is 5.32 Å². The van der Waals surface area contributed by atoms with Gasteiger partial charge in [0.15, 0.2) is 0 Å². The van der Waals surface area contributed by atoms with E-state index in [0.717, 1.165) is 22.3 Å². The molecule has 1 aliphatic carbocycles. The fraction of sp³-hybridized carbons (Fsp3) is 0.375. The Bertz CT molecular complexity index is 1100. The van der Waals surface area contributed by atoms with Gasteiger partial charge < -0.3 is 20.1 Å². The third kappa shape index (κ3) is 5.08. The number of nitrogens with one attached hydrogen (secondary N) is 1. The van der Waals surface area contributed by atoms with Crippen LogP contribution in [0.5, 0.6) is 0 Å².